The van der Waals surface area contributed by atoms with Crippen molar-refractivity contribution in [3.63, 3.8) is 0 Å². The SMILES string of the molecule is Nc1nccc2c1CC[C@H]2NC(=O)c1cnn(Cc2ccc(N3C[C@@H]4[C@@H](CO)[C@@H]4C3)nc2)c1. The van der Waals surface area contributed by atoms with Crippen LogP contribution in [0.3, 0.4) is 0 Å². The molecule has 4 heterocycles. The minimum absolute atomic E-state index is 0.0535. The van der Waals surface area contributed by atoms with E-state index in [2.05, 4.69) is 31.3 Å². The minimum Gasteiger partial charge on any atom is -0.396 e. The summed E-state index contributed by atoms with van der Waals surface area (Å²) in [5.41, 5.74) is 9.61. The third-order valence-corrected chi connectivity index (χ3v) is 7.44. The highest BCUT2D eigenvalue weighted by molar-refractivity contribution is 5.94. The van der Waals surface area contributed by atoms with Gasteiger partial charge in [-0.3, -0.25) is 9.48 Å². The summed E-state index contributed by atoms with van der Waals surface area (Å²) >= 11 is 0. The van der Waals surface area contributed by atoms with Crippen LogP contribution >= 0.6 is 0 Å². The van der Waals surface area contributed by atoms with Gasteiger partial charge in [-0.05, 0) is 59.4 Å². The van der Waals surface area contributed by atoms with Crippen molar-refractivity contribution in [2.24, 2.45) is 17.8 Å². The van der Waals surface area contributed by atoms with Gasteiger partial charge >= 0.3 is 0 Å². The van der Waals surface area contributed by atoms with E-state index < -0.39 is 0 Å². The Kier molecular flexibility index (Phi) is 4.79. The minimum atomic E-state index is -0.142. The van der Waals surface area contributed by atoms with E-state index in [1.54, 1.807) is 23.3 Å². The molecule has 3 aromatic rings. The Morgan fingerprint density at radius 2 is 2.03 bits per heavy atom. The number of rotatable bonds is 6. The summed E-state index contributed by atoms with van der Waals surface area (Å²) in [5, 5.41) is 16.8. The molecule has 3 aliphatic rings. The number of pyridine rings is 2. The summed E-state index contributed by atoms with van der Waals surface area (Å²) in [7, 11) is 0. The third-order valence-electron chi connectivity index (χ3n) is 7.44. The number of hydrogen-bond acceptors (Lipinski definition) is 7. The summed E-state index contributed by atoms with van der Waals surface area (Å²) in [6.45, 7) is 2.81. The lowest BCUT2D eigenvalue weighted by Crippen LogP contribution is -2.26. The third kappa shape index (κ3) is 3.62. The molecule has 3 aromatic heterocycles. The number of anilines is 2. The molecular formula is C24H27N7O2. The fourth-order valence-electron chi connectivity index (χ4n) is 5.52. The molecule has 33 heavy (non-hydrogen) atoms. The number of carbonyl (C=O) groups excluding carboxylic acids is 1. The average Bonchev–Trinajstić information content (AvgIpc) is 3.27. The standard InChI is InChI=1S/C24H27N7O2/c25-23-17-2-3-21(16(17)5-6-26-23)29-24(33)15-8-28-31(10-15)9-14-1-4-22(27-7-14)30-11-18-19(12-30)20(18)13-32/h1,4-8,10,18-21,32H,2-3,9,11-13H2,(H2,25,26)(H,29,33)/t18-,19+,20+,21-/m1/s1. The van der Waals surface area contributed by atoms with Crippen LogP contribution in [0.5, 0.6) is 0 Å². The van der Waals surface area contributed by atoms with E-state index in [0.29, 0.717) is 42.3 Å². The highest BCUT2D eigenvalue weighted by Crippen LogP contribution is 2.51. The predicted molar refractivity (Wildman–Crippen MR) is 123 cm³/mol. The van der Waals surface area contributed by atoms with Gasteiger partial charge in [-0.25, -0.2) is 9.97 Å². The molecule has 0 spiro atoms. The molecular weight excluding hydrogens is 418 g/mol. The number of fused-ring (bicyclic) bond motifs is 2. The number of aliphatic hydroxyl groups excluding tert-OH is 1. The maximum atomic E-state index is 12.8. The second kappa shape index (κ2) is 7.84. The monoisotopic (exact) mass is 445 g/mol. The first-order valence-corrected chi connectivity index (χ1v) is 11.5. The summed E-state index contributed by atoms with van der Waals surface area (Å²) in [4.78, 5) is 23.9. The molecule has 2 fully saturated rings. The Morgan fingerprint density at radius 1 is 1.18 bits per heavy atom. The Labute approximate surface area is 191 Å². The van der Waals surface area contributed by atoms with Crippen molar-refractivity contribution in [1.29, 1.82) is 0 Å². The first-order valence-electron chi connectivity index (χ1n) is 11.5. The lowest BCUT2D eigenvalue weighted by atomic mass is 10.1. The maximum Gasteiger partial charge on any atom is 0.254 e. The van der Waals surface area contributed by atoms with E-state index in [4.69, 9.17) is 5.73 Å². The van der Waals surface area contributed by atoms with Crippen LogP contribution in [0.2, 0.25) is 0 Å². The number of nitrogens with zero attached hydrogens (tertiary/aromatic N) is 5. The van der Waals surface area contributed by atoms with Crippen molar-refractivity contribution >= 4 is 17.5 Å². The highest BCUT2D eigenvalue weighted by Gasteiger charge is 2.55. The van der Waals surface area contributed by atoms with Gasteiger partial charge in [-0.2, -0.15) is 5.10 Å². The Balaban J connectivity index is 1.07. The Hall–Kier alpha value is -3.46. The maximum absolute atomic E-state index is 12.8. The second-order valence-corrected chi connectivity index (χ2v) is 9.36. The predicted octanol–water partition coefficient (Wildman–Crippen LogP) is 1.40. The van der Waals surface area contributed by atoms with Crippen LogP contribution in [-0.2, 0) is 13.0 Å². The number of hydrogen-bond donors (Lipinski definition) is 3. The average molecular weight is 446 g/mol. The van der Waals surface area contributed by atoms with Crippen LogP contribution in [0, 0.1) is 17.8 Å². The molecule has 4 N–H and O–H groups in total. The molecule has 170 valence electrons. The quantitative estimate of drug-likeness (QED) is 0.524. The molecule has 0 radical (unpaired) electrons. The zero-order chi connectivity index (χ0) is 22.5. The van der Waals surface area contributed by atoms with E-state index in [-0.39, 0.29) is 11.9 Å². The largest absolute Gasteiger partial charge is 0.396 e. The van der Waals surface area contributed by atoms with Crippen molar-refractivity contribution in [2.45, 2.75) is 25.4 Å². The first-order chi connectivity index (χ1) is 16.1. The van der Waals surface area contributed by atoms with Crippen molar-refractivity contribution in [1.82, 2.24) is 25.1 Å². The normalized spacial score (nSPS) is 25.1. The highest BCUT2D eigenvalue weighted by atomic mass is 16.3. The van der Waals surface area contributed by atoms with Gasteiger partial charge in [0.15, 0.2) is 0 Å². The molecule has 1 saturated carbocycles. The van der Waals surface area contributed by atoms with Crippen molar-refractivity contribution in [3.05, 3.63) is 65.2 Å². The van der Waals surface area contributed by atoms with E-state index in [9.17, 15) is 9.90 Å². The zero-order valence-electron chi connectivity index (χ0n) is 18.3. The van der Waals surface area contributed by atoms with Crippen molar-refractivity contribution in [2.75, 3.05) is 30.3 Å². The van der Waals surface area contributed by atoms with Crippen molar-refractivity contribution < 1.29 is 9.90 Å². The van der Waals surface area contributed by atoms with Gasteiger partial charge in [-0.15, -0.1) is 0 Å². The Morgan fingerprint density at radius 3 is 2.79 bits per heavy atom. The fraction of sp³-hybridized carbons (Fsp3) is 0.417. The van der Waals surface area contributed by atoms with Gasteiger partial charge in [-0.1, -0.05) is 6.07 Å². The lowest BCUT2D eigenvalue weighted by Gasteiger charge is -2.20. The molecule has 1 amide bonds. The van der Waals surface area contributed by atoms with E-state index >= 15 is 0 Å². The van der Waals surface area contributed by atoms with Crippen LogP contribution in [0.4, 0.5) is 11.6 Å². The number of aromatic nitrogens is 4. The van der Waals surface area contributed by atoms with Crippen LogP contribution in [-0.4, -0.2) is 50.5 Å². The number of nitrogen functional groups attached to an aromatic ring is 1. The number of carbonyl (C=O) groups is 1. The molecule has 0 aromatic carbocycles. The number of piperidine rings is 1. The van der Waals surface area contributed by atoms with E-state index in [0.717, 1.165) is 48.4 Å². The van der Waals surface area contributed by atoms with Gasteiger partial charge in [0.2, 0.25) is 0 Å². The van der Waals surface area contributed by atoms with Crippen LogP contribution < -0.4 is 16.0 Å². The smallest absolute Gasteiger partial charge is 0.254 e. The topological polar surface area (TPSA) is 122 Å². The molecule has 0 unspecified atom stereocenters. The lowest BCUT2D eigenvalue weighted by molar-refractivity contribution is 0.0936. The number of nitrogens with two attached hydrogens (primary N) is 1. The van der Waals surface area contributed by atoms with E-state index in [1.165, 1.54) is 0 Å². The van der Waals surface area contributed by atoms with Gasteiger partial charge in [0, 0.05) is 38.3 Å². The molecule has 1 aliphatic heterocycles. The van der Waals surface area contributed by atoms with Gasteiger partial charge in [0.25, 0.3) is 5.91 Å². The van der Waals surface area contributed by atoms with Crippen molar-refractivity contribution in [3.8, 4) is 0 Å². The number of amides is 1. The van der Waals surface area contributed by atoms with E-state index in [1.807, 2.05) is 18.3 Å². The molecule has 4 atom stereocenters. The molecule has 6 rings (SSSR count). The van der Waals surface area contributed by atoms with Crippen LogP contribution in [0.15, 0.2) is 43.0 Å². The van der Waals surface area contributed by atoms with Crippen LogP contribution in [0.25, 0.3) is 0 Å². The van der Waals surface area contributed by atoms with Gasteiger partial charge in [0.05, 0.1) is 24.3 Å². The molecule has 2 aliphatic carbocycles. The number of nitrogens with one attached hydrogen (secondary N) is 1. The molecule has 9 nitrogen and oxygen atoms in total. The van der Waals surface area contributed by atoms with Gasteiger partial charge < -0.3 is 21.1 Å². The summed E-state index contributed by atoms with van der Waals surface area (Å²) in [6, 6.07) is 5.98. The first kappa shape index (κ1) is 20.2. The fourth-order valence-corrected chi connectivity index (χ4v) is 5.52. The summed E-state index contributed by atoms with van der Waals surface area (Å²) in [5.74, 6) is 3.12. The zero-order valence-corrected chi connectivity index (χ0v) is 18.3. The molecule has 1 saturated heterocycles. The number of aliphatic hydroxyl groups is 1. The van der Waals surface area contributed by atoms with Crippen LogP contribution in [0.1, 0.15) is 39.5 Å². The molecule has 0 bridgehead atoms. The summed E-state index contributed by atoms with van der Waals surface area (Å²) in [6.07, 6.45) is 8.57. The summed E-state index contributed by atoms with van der Waals surface area (Å²) < 4.78 is 1.76. The second-order valence-electron chi connectivity index (χ2n) is 9.36. The molecule has 9 heteroatoms. The van der Waals surface area contributed by atoms with Gasteiger partial charge in [0.1, 0.15) is 11.6 Å². The Bertz CT molecular complexity index is 1180.